The highest BCUT2D eigenvalue weighted by atomic mass is 35.5. The van der Waals surface area contributed by atoms with E-state index >= 15 is 0 Å². The minimum Gasteiger partial charge on any atom is -0.493 e. The molecule has 6 nitrogen and oxygen atoms in total. The molecular formula is C18H25ClN2O4. The Morgan fingerprint density at radius 3 is 2.04 bits per heavy atom. The van der Waals surface area contributed by atoms with E-state index < -0.39 is 0 Å². The highest BCUT2D eigenvalue weighted by Crippen LogP contribution is 2.28. The Morgan fingerprint density at radius 1 is 0.960 bits per heavy atom. The number of piperazine rings is 1. The Bertz CT molecular complexity index is 601. The van der Waals surface area contributed by atoms with Crippen molar-refractivity contribution >= 4 is 23.4 Å². The quantitative estimate of drug-likeness (QED) is 0.690. The molecule has 7 heteroatoms. The largest absolute Gasteiger partial charge is 0.493 e. The summed E-state index contributed by atoms with van der Waals surface area (Å²) in [5, 5.41) is 0. The van der Waals surface area contributed by atoms with Gasteiger partial charge in [0.2, 0.25) is 11.8 Å². The molecule has 0 radical (unpaired) electrons. The first-order valence-corrected chi connectivity index (χ1v) is 8.95. The molecule has 1 aromatic carbocycles. The van der Waals surface area contributed by atoms with Crippen molar-refractivity contribution in [2.24, 2.45) is 0 Å². The van der Waals surface area contributed by atoms with Gasteiger partial charge < -0.3 is 19.3 Å². The molecule has 0 aromatic heterocycles. The van der Waals surface area contributed by atoms with Gasteiger partial charge in [0, 0.05) is 44.9 Å². The van der Waals surface area contributed by atoms with Gasteiger partial charge in [-0.05, 0) is 24.1 Å². The fourth-order valence-corrected chi connectivity index (χ4v) is 3.05. The summed E-state index contributed by atoms with van der Waals surface area (Å²) in [6.45, 7) is 2.33. The molecule has 1 fully saturated rings. The van der Waals surface area contributed by atoms with E-state index in [1.165, 1.54) is 0 Å². The molecular weight excluding hydrogens is 344 g/mol. The van der Waals surface area contributed by atoms with Crippen molar-refractivity contribution in [3.8, 4) is 11.5 Å². The summed E-state index contributed by atoms with van der Waals surface area (Å²) in [5.74, 6) is 1.85. The fraction of sp³-hybridized carbons (Fsp3) is 0.556. The van der Waals surface area contributed by atoms with Gasteiger partial charge in [0.05, 0.1) is 14.2 Å². The highest BCUT2D eigenvalue weighted by molar-refractivity contribution is 6.18. The van der Waals surface area contributed by atoms with Crippen LogP contribution in [0.25, 0.3) is 0 Å². The van der Waals surface area contributed by atoms with E-state index in [4.69, 9.17) is 21.1 Å². The van der Waals surface area contributed by atoms with Crippen LogP contribution in [0.5, 0.6) is 11.5 Å². The average Bonchev–Trinajstić information content (AvgIpc) is 2.66. The highest BCUT2D eigenvalue weighted by Gasteiger charge is 2.23. The van der Waals surface area contributed by atoms with Gasteiger partial charge in [-0.3, -0.25) is 9.59 Å². The summed E-state index contributed by atoms with van der Waals surface area (Å²) < 4.78 is 10.5. The van der Waals surface area contributed by atoms with Crippen LogP contribution in [0.15, 0.2) is 18.2 Å². The lowest BCUT2D eigenvalue weighted by molar-refractivity contribution is -0.139. The Morgan fingerprint density at radius 2 is 1.52 bits per heavy atom. The average molecular weight is 369 g/mol. The number of hydrogen-bond donors (Lipinski definition) is 0. The van der Waals surface area contributed by atoms with E-state index in [1.54, 1.807) is 19.1 Å². The second kappa shape index (κ2) is 9.51. The van der Waals surface area contributed by atoms with Gasteiger partial charge in [0.25, 0.3) is 0 Å². The van der Waals surface area contributed by atoms with Crippen LogP contribution in [-0.4, -0.2) is 67.9 Å². The molecule has 138 valence electrons. The van der Waals surface area contributed by atoms with E-state index in [-0.39, 0.29) is 11.8 Å². The molecule has 1 aliphatic rings. The van der Waals surface area contributed by atoms with Gasteiger partial charge in [0.1, 0.15) is 0 Å². The van der Waals surface area contributed by atoms with Crippen molar-refractivity contribution in [2.75, 3.05) is 46.3 Å². The third-order valence-electron chi connectivity index (χ3n) is 4.37. The lowest BCUT2D eigenvalue weighted by atomic mass is 10.1. The number of ether oxygens (including phenoxy) is 2. The van der Waals surface area contributed by atoms with Crippen molar-refractivity contribution in [2.45, 2.75) is 19.3 Å². The number of hydrogen-bond acceptors (Lipinski definition) is 4. The molecule has 0 spiro atoms. The summed E-state index contributed by atoms with van der Waals surface area (Å²) in [4.78, 5) is 27.8. The predicted molar refractivity (Wildman–Crippen MR) is 96.4 cm³/mol. The van der Waals surface area contributed by atoms with Gasteiger partial charge in [-0.15, -0.1) is 11.6 Å². The van der Waals surface area contributed by atoms with Crippen LogP contribution in [-0.2, 0) is 16.0 Å². The third kappa shape index (κ3) is 5.26. The number of carbonyl (C=O) groups is 2. The van der Waals surface area contributed by atoms with Crippen LogP contribution in [0.3, 0.4) is 0 Å². The summed E-state index contributed by atoms with van der Waals surface area (Å²) >= 11 is 5.61. The van der Waals surface area contributed by atoms with Gasteiger partial charge in [0.15, 0.2) is 11.5 Å². The topological polar surface area (TPSA) is 59.1 Å². The zero-order chi connectivity index (χ0) is 18.2. The minimum atomic E-state index is 0.0624. The summed E-state index contributed by atoms with van der Waals surface area (Å²) in [6, 6.07) is 5.69. The monoisotopic (exact) mass is 368 g/mol. The fourth-order valence-electron chi connectivity index (χ4n) is 2.89. The van der Waals surface area contributed by atoms with Crippen molar-refractivity contribution in [3.63, 3.8) is 0 Å². The van der Waals surface area contributed by atoms with Crippen molar-refractivity contribution in [1.29, 1.82) is 0 Å². The molecule has 25 heavy (non-hydrogen) atoms. The standard InChI is InChI=1S/C18H25ClN2O4/c1-24-15-5-3-14(13-16(15)25-2)4-6-17(22)20-9-11-21(12-10-20)18(23)7-8-19/h3,5,13H,4,6-12H2,1-2H3. The lowest BCUT2D eigenvalue weighted by Gasteiger charge is -2.34. The maximum Gasteiger partial charge on any atom is 0.223 e. The first-order valence-electron chi connectivity index (χ1n) is 8.41. The smallest absolute Gasteiger partial charge is 0.223 e. The Balaban J connectivity index is 1.82. The zero-order valence-electron chi connectivity index (χ0n) is 14.8. The van der Waals surface area contributed by atoms with E-state index in [0.717, 1.165) is 5.56 Å². The Hall–Kier alpha value is -1.95. The predicted octanol–water partition coefficient (Wildman–Crippen LogP) is 1.94. The van der Waals surface area contributed by atoms with Crippen molar-refractivity contribution in [3.05, 3.63) is 23.8 Å². The van der Waals surface area contributed by atoms with E-state index in [2.05, 4.69) is 0 Å². The molecule has 2 amide bonds. The minimum absolute atomic E-state index is 0.0624. The number of methoxy groups -OCH3 is 2. The molecule has 1 aliphatic heterocycles. The maximum absolute atomic E-state index is 12.4. The molecule has 0 atom stereocenters. The van der Waals surface area contributed by atoms with Crippen LogP contribution in [0.2, 0.25) is 0 Å². The second-order valence-electron chi connectivity index (χ2n) is 5.89. The van der Waals surface area contributed by atoms with Crippen molar-refractivity contribution in [1.82, 2.24) is 9.80 Å². The number of halogens is 1. The lowest BCUT2D eigenvalue weighted by Crippen LogP contribution is -2.50. The number of benzene rings is 1. The number of aryl methyl sites for hydroxylation is 1. The van der Waals surface area contributed by atoms with Gasteiger partial charge in [-0.1, -0.05) is 6.07 Å². The zero-order valence-corrected chi connectivity index (χ0v) is 15.6. The van der Waals surface area contributed by atoms with Crippen molar-refractivity contribution < 1.29 is 19.1 Å². The Kier molecular flexibility index (Phi) is 7.37. The van der Waals surface area contributed by atoms with Crippen LogP contribution in [0.1, 0.15) is 18.4 Å². The maximum atomic E-state index is 12.4. The summed E-state index contributed by atoms with van der Waals surface area (Å²) in [5.41, 5.74) is 1.03. The van der Waals surface area contributed by atoms with Gasteiger partial charge in [-0.25, -0.2) is 0 Å². The molecule has 2 rings (SSSR count). The number of carbonyl (C=O) groups excluding carboxylic acids is 2. The Labute approximate surface area is 153 Å². The van der Waals surface area contributed by atoms with Gasteiger partial charge >= 0.3 is 0 Å². The number of alkyl halides is 1. The number of nitrogens with zero attached hydrogens (tertiary/aromatic N) is 2. The first kappa shape index (κ1) is 19.4. The molecule has 1 saturated heterocycles. The SMILES string of the molecule is COc1ccc(CCC(=O)N2CCN(C(=O)CCCl)CC2)cc1OC. The first-order chi connectivity index (χ1) is 12.1. The molecule has 1 heterocycles. The normalized spacial score (nSPS) is 14.4. The van der Waals surface area contributed by atoms with Gasteiger partial charge in [-0.2, -0.15) is 0 Å². The molecule has 1 aromatic rings. The van der Waals surface area contributed by atoms with Crippen LogP contribution in [0.4, 0.5) is 0 Å². The number of rotatable bonds is 7. The molecule has 0 N–H and O–H groups in total. The second-order valence-corrected chi connectivity index (χ2v) is 6.27. The molecule has 0 bridgehead atoms. The third-order valence-corrected chi connectivity index (χ3v) is 4.56. The van der Waals surface area contributed by atoms with Crippen LogP contribution in [0, 0.1) is 0 Å². The molecule has 0 saturated carbocycles. The molecule has 0 aliphatic carbocycles. The van der Waals surface area contributed by atoms with Crippen LogP contribution < -0.4 is 9.47 Å². The van der Waals surface area contributed by atoms with E-state index in [9.17, 15) is 9.59 Å². The van der Waals surface area contributed by atoms with E-state index in [1.807, 2.05) is 23.1 Å². The summed E-state index contributed by atoms with van der Waals surface area (Å²) in [6.07, 6.45) is 1.44. The number of amides is 2. The summed E-state index contributed by atoms with van der Waals surface area (Å²) in [7, 11) is 3.19. The molecule has 0 unspecified atom stereocenters. The van der Waals surface area contributed by atoms with Crippen LogP contribution >= 0.6 is 11.6 Å². The van der Waals surface area contributed by atoms with E-state index in [0.29, 0.717) is 62.8 Å².